The average Bonchev–Trinajstić information content (AvgIpc) is 2.97. The maximum atomic E-state index is 6.51. The van der Waals surface area contributed by atoms with Crippen molar-refractivity contribution < 1.29 is 0 Å². The number of hydrogen-bond donors (Lipinski definition) is 1. The molecule has 1 saturated heterocycles. The normalized spacial score (nSPS) is 16.4. The SMILES string of the molecule is CCc1nn(CC)c(CNC2CCN(Cc3ccccc3)CC2)c1Cl. The monoisotopic (exact) mass is 360 g/mol. The van der Waals surface area contributed by atoms with Crippen LogP contribution in [0, 0.1) is 0 Å². The number of halogens is 1. The zero-order valence-electron chi connectivity index (χ0n) is 15.3. The first-order valence-corrected chi connectivity index (χ1v) is 9.82. The molecule has 2 heterocycles. The van der Waals surface area contributed by atoms with E-state index in [0.29, 0.717) is 6.04 Å². The highest BCUT2D eigenvalue weighted by Gasteiger charge is 2.20. The van der Waals surface area contributed by atoms with E-state index in [9.17, 15) is 0 Å². The van der Waals surface area contributed by atoms with E-state index >= 15 is 0 Å². The third-order valence-corrected chi connectivity index (χ3v) is 5.53. The average molecular weight is 361 g/mol. The van der Waals surface area contributed by atoms with Crippen molar-refractivity contribution in [3.05, 3.63) is 52.3 Å². The lowest BCUT2D eigenvalue weighted by Gasteiger charge is -2.32. The number of aromatic nitrogens is 2. The molecule has 0 amide bonds. The number of rotatable bonds is 7. The Morgan fingerprint density at radius 2 is 1.88 bits per heavy atom. The largest absolute Gasteiger partial charge is 0.308 e. The van der Waals surface area contributed by atoms with Crippen LogP contribution in [0.25, 0.3) is 0 Å². The molecule has 1 aromatic heterocycles. The van der Waals surface area contributed by atoms with Crippen molar-refractivity contribution in [2.75, 3.05) is 13.1 Å². The maximum absolute atomic E-state index is 6.51. The number of hydrogen-bond acceptors (Lipinski definition) is 3. The molecule has 1 aliphatic heterocycles. The van der Waals surface area contributed by atoms with Gasteiger partial charge in [-0.3, -0.25) is 9.58 Å². The molecule has 5 heteroatoms. The molecule has 136 valence electrons. The van der Waals surface area contributed by atoms with Crippen LogP contribution in [0.3, 0.4) is 0 Å². The second-order valence-corrected chi connectivity index (χ2v) is 7.17. The van der Waals surface area contributed by atoms with Crippen molar-refractivity contribution in [1.29, 1.82) is 0 Å². The smallest absolute Gasteiger partial charge is 0.0863 e. The molecule has 3 rings (SSSR count). The number of piperidine rings is 1. The molecule has 0 aliphatic carbocycles. The van der Waals surface area contributed by atoms with E-state index in [2.05, 4.69) is 59.5 Å². The first-order valence-electron chi connectivity index (χ1n) is 9.45. The Morgan fingerprint density at radius 3 is 2.52 bits per heavy atom. The lowest BCUT2D eigenvalue weighted by Crippen LogP contribution is -2.42. The second kappa shape index (κ2) is 8.84. The minimum Gasteiger partial charge on any atom is -0.308 e. The summed E-state index contributed by atoms with van der Waals surface area (Å²) in [4.78, 5) is 2.55. The van der Waals surface area contributed by atoms with E-state index in [1.807, 2.05) is 4.68 Å². The van der Waals surface area contributed by atoms with Crippen molar-refractivity contribution >= 4 is 11.6 Å². The Kier molecular flexibility index (Phi) is 6.51. The van der Waals surface area contributed by atoms with Gasteiger partial charge in [0, 0.05) is 25.7 Å². The highest BCUT2D eigenvalue weighted by molar-refractivity contribution is 6.31. The van der Waals surface area contributed by atoms with Crippen LogP contribution < -0.4 is 5.32 Å². The van der Waals surface area contributed by atoms with Gasteiger partial charge in [-0.2, -0.15) is 5.10 Å². The Morgan fingerprint density at radius 1 is 1.16 bits per heavy atom. The molecule has 1 aromatic carbocycles. The third kappa shape index (κ3) is 4.63. The van der Waals surface area contributed by atoms with Crippen molar-refractivity contribution in [1.82, 2.24) is 20.0 Å². The van der Waals surface area contributed by atoms with Gasteiger partial charge in [-0.1, -0.05) is 48.9 Å². The van der Waals surface area contributed by atoms with Gasteiger partial charge in [0.1, 0.15) is 0 Å². The first kappa shape index (κ1) is 18.4. The number of benzene rings is 1. The van der Waals surface area contributed by atoms with Gasteiger partial charge in [0.15, 0.2) is 0 Å². The molecule has 0 radical (unpaired) electrons. The second-order valence-electron chi connectivity index (χ2n) is 6.79. The minimum absolute atomic E-state index is 0.563. The molecule has 0 bridgehead atoms. The van der Waals surface area contributed by atoms with Crippen molar-refractivity contribution in [2.24, 2.45) is 0 Å². The number of aryl methyl sites for hydroxylation is 2. The van der Waals surface area contributed by atoms with Crippen molar-refractivity contribution in [2.45, 2.75) is 58.8 Å². The van der Waals surface area contributed by atoms with Crippen LogP contribution in [0.5, 0.6) is 0 Å². The molecule has 25 heavy (non-hydrogen) atoms. The predicted molar refractivity (Wildman–Crippen MR) is 104 cm³/mol. The lowest BCUT2D eigenvalue weighted by molar-refractivity contribution is 0.189. The van der Waals surface area contributed by atoms with E-state index in [0.717, 1.165) is 55.6 Å². The first-order chi connectivity index (χ1) is 12.2. The van der Waals surface area contributed by atoms with Crippen LogP contribution in [0.1, 0.15) is 43.6 Å². The third-order valence-electron chi connectivity index (χ3n) is 5.09. The fraction of sp³-hybridized carbons (Fsp3) is 0.550. The van der Waals surface area contributed by atoms with E-state index in [1.54, 1.807) is 0 Å². The standard InChI is InChI=1S/C20H29ClN4/c1-3-18-20(21)19(25(4-2)23-18)14-22-17-10-12-24(13-11-17)15-16-8-6-5-7-9-16/h5-9,17,22H,3-4,10-15H2,1-2H3. The van der Waals surface area contributed by atoms with Gasteiger partial charge >= 0.3 is 0 Å². The van der Waals surface area contributed by atoms with Gasteiger partial charge in [-0.25, -0.2) is 0 Å². The summed E-state index contributed by atoms with van der Waals surface area (Å²) in [6.07, 6.45) is 3.26. The fourth-order valence-electron chi connectivity index (χ4n) is 3.56. The molecule has 4 nitrogen and oxygen atoms in total. The van der Waals surface area contributed by atoms with Crippen LogP contribution in [-0.2, 0) is 26.1 Å². The van der Waals surface area contributed by atoms with E-state index in [1.165, 1.54) is 18.4 Å². The predicted octanol–water partition coefficient (Wildman–Crippen LogP) is 3.87. The molecule has 0 spiro atoms. The van der Waals surface area contributed by atoms with Crippen LogP contribution in [-0.4, -0.2) is 33.8 Å². The summed E-state index contributed by atoms with van der Waals surface area (Å²) in [7, 11) is 0. The van der Waals surface area contributed by atoms with Gasteiger partial charge in [0.25, 0.3) is 0 Å². The number of nitrogens with zero attached hydrogens (tertiary/aromatic N) is 3. The fourth-order valence-corrected chi connectivity index (χ4v) is 3.90. The molecule has 1 N–H and O–H groups in total. The Bertz CT molecular complexity index is 660. The Balaban J connectivity index is 1.49. The lowest BCUT2D eigenvalue weighted by atomic mass is 10.0. The summed E-state index contributed by atoms with van der Waals surface area (Å²) in [6, 6.07) is 11.3. The topological polar surface area (TPSA) is 33.1 Å². The van der Waals surface area contributed by atoms with Crippen LogP contribution >= 0.6 is 11.6 Å². The zero-order chi connectivity index (χ0) is 17.6. The molecule has 0 atom stereocenters. The molecular formula is C20H29ClN4. The summed E-state index contributed by atoms with van der Waals surface area (Å²) in [5.41, 5.74) is 3.55. The molecule has 0 saturated carbocycles. The zero-order valence-corrected chi connectivity index (χ0v) is 16.1. The van der Waals surface area contributed by atoms with E-state index in [-0.39, 0.29) is 0 Å². The number of nitrogens with one attached hydrogen (secondary N) is 1. The van der Waals surface area contributed by atoms with Gasteiger partial charge in [-0.05, 0) is 44.8 Å². The van der Waals surface area contributed by atoms with Gasteiger partial charge in [-0.15, -0.1) is 0 Å². The van der Waals surface area contributed by atoms with Crippen LogP contribution in [0.4, 0.5) is 0 Å². The van der Waals surface area contributed by atoms with E-state index in [4.69, 9.17) is 11.6 Å². The van der Waals surface area contributed by atoms with Gasteiger partial charge in [0.2, 0.25) is 0 Å². The van der Waals surface area contributed by atoms with Crippen LogP contribution in [0.2, 0.25) is 5.02 Å². The quantitative estimate of drug-likeness (QED) is 0.813. The molecule has 1 fully saturated rings. The maximum Gasteiger partial charge on any atom is 0.0863 e. The summed E-state index contributed by atoms with van der Waals surface area (Å²) in [5.74, 6) is 0. The molecule has 2 aromatic rings. The summed E-state index contributed by atoms with van der Waals surface area (Å²) < 4.78 is 2.04. The number of likely N-dealkylation sites (tertiary alicyclic amines) is 1. The highest BCUT2D eigenvalue weighted by Crippen LogP contribution is 2.22. The van der Waals surface area contributed by atoms with Gasteiger partial charge < -0.3 is 5.32 Å². The molecule has 1 aliphatic rings. The summed E-state index contributed by atoms with van der Waals surface area (Å²) in [5, 5.41) is 9.15. The summed E-state index contributed by atoms with van der Waals surface area (Å²) >= 11 is 6.51. The van der Waals surface area contributed by atoms with Gasteiger partial charge in [0.05, 0.1) is 16.4 Å². The van der Waals surface area contributed by atoms with Crippen molar-refractivity contribution in [3.63, 3.8) is 0 Å². The Labute approximate surface area is 156 Å². The van der Waals surface area contributed by atoms with E-state index < -0.39 is 0 Å². The van der Waals surface area contributed by atoms with Crippen LogP contribution in [0.15, 0.2) is 30.3 Å². The van der Waals surface area contributed by atoms with Crippen molar-refractivity contribution in [3.8, 4) is 0 Å². The molecular weight excluding hydrogens is 332 g/mol. The highest BCUT2D eigenvalue weighted by atomic mass is 35.5. The Hall–Kier alpha value is -1.36. The molecule has 0 unspecified atom stereocenters. The minimum atomic E-state index is 0.563. The summed E-state index contributed by atoms with van der Waals surface area (Å²) in [6.45, 7) is 9.25.